The van der Waals surface area contributed by atoms with Crippen LogP contribution in [-0.2, 0) is 4.74 Å². The van der Waals surface area contributed by atoms with Crippen LogP contribution in [0.3, 0.4) is 0 Å². The summed E-state index contributed by atoms with van der Waals surface area (Å²) in [4.78, 5) is 2.37. The Morgan fingerprint density at radius 1 is 1.38 bits per heavy atom. The van der Waals surface area contributed by atoms with Gasteiger partial charge < -0.3 is 9.84 Å². The largest absolute Gasteiger partial charge is 0.393 e. The first-order valence-electron chi connectivity index (χ1n) is 5.11. The summed E-state index contributed by atoms with van der Waals surface area (Å²) in [6.45, 7) is 9.64. The summed E-state index contributed by atoms with van der Waals surface area (Å²) in [6.07, 6.45) is -0.264. The Morgan fingerprint density at radius 3 is 2.62 bits per heavy atom. The SMILES string of the molecule is CC(O)C1COCCN(C(C)C)C1. The molecule has 0 aromatic heterocycles. The Kier molecular flexibility index (Phi) is 4.16. The molecule has 1 aliphatic heterocycles. The van der Waals surface area contributed by atoms with Crippen LogP contribution >= 0.6 is 0 Å². The van der Waals surface area contributed by atoms with Crippen LogP contribution in [0.2, 0.25) is 0 Å². The van der Waals surface area contributed by atoms with Gasteiger partial charge in [0.1, 0.15) is 0 Å². The molecule has 0 spiro atoms. The third-order valence-electron chi connectivity index (χ3n) is 2.74. The van der Waals surface area contributed by atoms with Crippen molar-refractivity contribution in [1.29, 1.82) is 0 Å². The zero-order valence-corrected chi connectivity index (χ0v) is 8.86. The molecular formula is C10H21NO2. The van der Waals surface area contributed by atoms with Gasteiger partial charge in [-0.1, -0.05) is 0 Å². The lowest BCUT2D eigenvalue weighted by Gasteiger charge is -2.27. The molecule has 0 saturated carbocycles. The van der Waals surface area contributed by atoms with Crippen LogP contribution in [0.1, 0.15) is 20.8 Å². The van der Waals surface area contributed by atoms with E-state index in [-0.39, 0.29) is 12.0 Å². The van der Waals surface area contributed by atoms with Gasteiger partial charge >= 0.3 is 0 Å². The highest BCUT2D eigenvalue weighted by molar-refractivity contribution is 4.74. The summed E-state index contributed by atoms with van der Waals surface area (Å²) < 4.78 is 5.45. The van der Waals surface area contributed by atoms with Gasteiger partial charge in [0.15, 0.2) is 0 Å². The number of hydrogen-bond acceptors (Lipinski definition) is 3. The molecule has 1 heterocycles. The van der Waals surface area contributed by atoms with Gasteiger partial charge in [0.2, 0.25) is 0 Å². The van der Waals surface area contributed by atoms with Gasteiger partial charge in [-0.2, -0.15) is 0 Å². The lowest BCUT2D eigenvalue weighted by Crippen LogP contribution is -2.38. The maximum atomic E-state index is 9.50. The van der Waals surface area contributed by atoms with Crippen molar-refractivity contribution < 1.29 is 9.84 Å². The molecule has 78 valence electrons. The molecule has 13 heavy (non-hydrogen) atoms. The smallest absolute Gasteiger partial charge is 0.0593 e. The normalized spacial score (nSPS) is 28.8. The predicted molar refractivity (Wildman–Crippen MR) is 52.7 cm³/mol. The Balaban J connectivity index is 2.49. The van der Waals surface area contributed by atoms with Crippen molar-refractivity contribution in [3.63, 3.8) is 0 Å². The Labute approximate surface area is 80.7 Å². The standard InChI is InChI=1S/C10H21NO2/c1-8(2)11-4-5-13-7-10(6-11)9(3)12/h8-10,12H,4-7H2,1-3H3. The molecule has 0 aromatic carbocycles. The fourth-order valence-electron chi connectivity index (χ4n) is 1.62. The van der Waals surface area contributed by atoms with E-state index >= 15 is 0 Å². The van der Waals surface area contributed by atoms with Gasteiger partial charge in [0.25, 0.3) is 0 Å². The van der Waals surface area contributed by atoms with Crippen molar-refractivity contribution in [2.24, 2.45) is 5.92 Å². The maximum Gasteiger partial charge on any atom is 0.0593 e. The second kappa shape index (κ2) is 4.94. The molecule has 1 aliphatic rings. The van der Waals surface area contributed by atoms with Crippen molar-refractivity contribution in [2.45, 2.75) is 32.9 Å². The molecule has 2 unspecified atom stereocenters. The van der Waals surface area contributed by atoms with Crippen LogP contribution in [-0.4, -0.2) is 48.5 Å². The summed E-state index contributed by atoms with van der Waals surface area (Å²) in [7, 11) is 0. The van der Waals surface area contributed by atoms with Crippen LogP contribution in [0, 0.1) is 5.92 Å². The average Bonchev–Trinajstić information content (AvgIpc) is 2.28. The second-order valence-corrected chi connectivity index (χ2v) is 4.16. The third-order valence-corrected chi connectivity index (χ3v) is 2.74. The van der Waals surface area contributed by atoms with Gasteiger partial charge in [0, 0.05) is 25.0 Å². The number of aliphatic hydroxyl groups excluding tert-OH is 1. The summed E-state index contributed by atoms with van der Waals surface area (Å²) in [5.41, 5.74) is 0. The number of rotatable bonds is 2. The summed E-state index contributed by atoms with van der Waals surface area (Å²) in [6, 6.07) is 0.544. The number of nitrogens with zero attached hydrogens (tertiary/aromatic N) is 1. The Bertz CT molecular complexity index is 132. The van der Waals surface area contributed by atoms with E-state index < -0.39 is 0 Å². The van der Waals surface area contributed by atoms with Crippen molar-refractivity contribution in [3.05, 3.63) is 0 Å². The van der Waals surface area contributed by atoms with Gasteiger partial charge in [-0.3, -0.25) is 4.90 Å². The molecule has 3 heteroatoms. The van der Waals surface area contributed by atoms with E-state index in [0.717, 1.165) is 19.7 Å². The molecule has 0 amide bonds. The van der Waals surface area contributed by atoms with E-state index in [2.05, 4.69) is 18.7 Å². The molecule has 2 atom stereocenters. The van der Waals surface area contributed by atoms with Crippen molar-refractivity contribution in [2.75, 3.05) is 26.3 Å². The monoisotopic (exact) mass is 187 g/mol. The Morgan fingerprint density at radius 2 is 2.08 bits per heavy atom. The van der Waals surface area contributed by atoms with Crippen molar-refractivity contribution in [1.82, 2.24) is 4.90 Å². The highest BCUT2D eigenvalue weighted by Gasteiger charge is 2.23. The number of aliphatic hydroxyl groups is 1. The Hall–Kier alpha value is -0.120. The van der Waals surface area contributed by atoms with Crippen LogP contribution in [0.25, 0.3) is 0 Å². The van der Waals surface area contributed by atoms with Crippen molar-refractivity contribution >= 4 is 0 Å². The predicted octanol–water partition coefficient (Wildman–Crippen LogP) is 0.724. The molecule has 0 bridgehead atoms. The lowest BCUT2D eigenvalue weighted by atomic mass is 10.0. The molecule has 3 nitrogen and oxygen atoms in total. The van der Waals surface area contributed by atoms with Crippen LogP contribution in [0.4, 0.5) is 0 Å². The minimum atomic E-state index is -0.264. The quantitative estimate of drug-likeness (QED) is 0.691. The molecule has 0 aliphatic carbocycles. The highest BCUT2D eigenvalue weighted by atomic mass is 16.5. The number of ether oxygens (including phenoxy) is 1. The fraction of sp³-hybridized carbons (Fsp3) is 1.00. The van der Waals surface area contributed by atoms with E-state index in [0.29, 0.717) is 12.6 Å². The van der Waals surface area contributed by atoms with E-state index in [4.69, 9.17) is 4.74 Å². The summed E-state index contributed by atoms with van der Waals surface area (Å²) in [5, 5.41) is 9.50. The molecule has 1 saturated heterocycles. The van der Waals surface area contributed by atoms with Gasteiger partial charge in [-0.05, 0) is 20.8 Å². The third kappa shape index (κ3) is 3.25. The van der Waals surface area contributed by atoms with E-state index in [1.165, 1.54) is 0 Å². The van der Waals surface area contributed by atoms with Gasteiger partial charge in [-0.25, -0.2) is 0 Å². The molecular weight excluding hydrogens is 166 g/mol. The fourth-order valence-corrected chi connectivity index (χ4v) is 1.62. The molecule has 0 radical (unpaired) electrons. The molecule has 0 aromatic rings. The maximum absolute atomic E-state index is 9.50. The van der Waals surface area contributed by atoms with Gasteiger partial charge in [0.05, 0.1) is 19.3 Å². The lowest BCUT2D eigenvalue weighted by molar-refractivity contribution is 0.0514. The van der Waals surface area contributed by atoms with Crippen molar-refractivity contribution in [3.8, 4) is 0 Å². The first-order valence-corrected chi connectivity index (χ1v) is 5.11. The zero-order chi connectivity index (χ0) is 9.84. The zero-order valence-electron chi connectivity index (χ0n) is 8.86. The summed E-state index contributed by atoms with van der Waals surface area (Å²) in [5.74, 6) is 0.268. The molecule has 1 rings (SSSR count). The minimum absolute atomic E-state index is 0.264. The minimum Gasteiger partial charge on any atom is -0.393 e. The van der Waals surface area contributed by atoms with Crippen LogP contribution in [0.15, 0.2) is 0 Å². The average molecular weight is 187 g/mol. The second-order valence-electron chi connectivity index (χ2n) is 4.16. The first-order chi connectivity index (χ1) is 6.11. The van der Waals surface area contributed by atoms with Crippen LogP contribution < -0.4 is 0 Å². The molecule has 1 fully saturated rings. The van der Waals surface area contributed by atoms with Gasteiger partial charge in [-0.15, -0.1) is 0 Å². The molecule has 1 N–H and O–H groups in total. The van der Waals surface area contributed by atoms with Crippen LogP contribution in [0.5, 0.6) is 0 Å². The van der Waals surface area contributed by atoms with E-state index in [9.17, 15) is 5.11 Å². The number of hydrogen-bond donors (Lipinski definition) is 1. The first kappa shape index (κ1) is 11.0. The van der Waals surface area contributed by atoms with E-state index in [1.54, 1.807) is 0 Å². The topological polar surface area (TPSA) is 32.7 Å². The highest BCUT2D eigenvalue weighted by Crippen LogP contribution is 2.13. The summed E-state index contributed by atoms with van der Waals surface area (Å²) >= 11 is 0. The van der Waals surface area contributed by atoms with E-state index in [1.807, 2.05) is 6.92 Å².